The Kier molecular flexibility index (Phi) is 5.43. The zero-order valence-corrected chi connectivity index (χ0v) is 13.1. The van der Waals surface area contributed by atoms with Gasteiger partial charge in [0, 0.05) is 35.7 Å². The van der Waals surface area contributed by atoms with Crippen molar-refractivity contribution in [2.24, 2.45) is 0 Å². The maximum Gasteiger partial charge on any atom is 0.315 e. The third-order valence-electron chi connectivity index (χ3n) is 3.07. The predicted octanol–water partition coefficient (Wildman–Crippen LogP) is 3.33. The molecule has 1 aromatic carbocycles. The molecule has 0 spiro atoms. The van der Waals surface area contributed by atoms with E-state index in [9.17, 15) is 13.6 Å². The molecule has 22 heavy (non-hydrogen) atoms. The molecule has 4 nitrogen and oxygen atoms in total. The van der Waals surface area contributed by atoms with E-state index in [0.29, 0.717) is 13.0 Å². The molecule has 0 saturated heterocycles. The van der Waals surface area contributed by atoms with Crippen molar-refractivity contribution in [2.45, 2.75) is 26.3 Å². The van der Waals surface area contributed by atoms with Gasteiger partial charge < -0.3 is 10.6 Å². The number of nitrogens with zero attached hydrogens (tertiary/aromatic N) is 1. The van der Waals surface area contributed by atoms with Crippen LogP contribution in [0.2, 0.25) is 0 Å². The van der Waals surface area contributed by atoms with Crippen LogP contribution in [0.5, 0.6) is 0 Å². The maximum atomic E-state index is 13.6. The number of aromatic nitrogens is 1. The van der Waals surface area contributed by atoms with Gasteiger partial charge in [-0.2, -0.15) is 0 Å². The second-order valence-electron chi connectivity index (χ2n) is 4.90. The molecule has 0 saturated carbocycles. The van der Waals surface area contributed by atoms with E-state index >= 15 is 0 Å². The predicted molar refractivity (Wildman–Crippen MR) is 81.9 cm³/mol. The van der Waals surface area contributed by atoms with Crippen LogP contribution in [-0.2, 0) is 6.42 Å². The molecular weight excluding hydrogens is 308 g/mol. The van der Waals surface area contributed by atoms with Crippen LogP contribution in [0.15, 0.2) is 24.4 Å². The van der Waals surface area contributed by atoms with E-state index in [2.05, 4.69) is 15.6 Å². The molecule has 1 atom stereocenters. The number of carbonyl (C=O) groups excluding carboxylic acids is 1. The van der Waals surface area contributed by atoms with Gasteiger partial charge in [0.2, 0.25) is 0 Å². The third-order valence-corrected chi connectivity index (χ3v) is 4.04. The van der Waals surface area contributed by atoms with Crippen molar-refractivity contribution < 1.29 is 13.6 Å². The van der Waals surface area contributed by atoms with E-state index in [4.69, 9.17) is 0 Å². The van der Waals surface area contributed by atoms with Crippen LogP contribution in [-0.4, -0.2) is 17.6 Å². The fourth-order valence-electron chi connectivity index (χ4n) is 1.98. The minimum absolute atomic E-state index is 0.243. The number of amides is 2. The number of aryl methyl sites for hydroxylation is 1. The molecule has 2 N–H and O–H groups in total. The Balaban J connectivity index is 1.81. The van der Waals surface area contributed by atoms with Crippen molar-refractivity contribution >= 4 is 17.4 Å². The number of thiazole rings is 1. The Labute approximate surface area is 131 Å². The lowest BCUT2D eigenvalue weighted by Crippen LogP contribution is -2.38. The molecule has 1 unspecified atom stereocenters. The molecular formula is C15H17F2N3OS. The molecule has 1 aromatic heterocycles. The second kappa shape index (κ2) is 7.31. The number of carbonyl (C=O) groups is 1. The van der Waals surface area contributed by atoms with E-state index in [-0.39, 0.29) is 5.56 Å². The number of benzene rings is 1. The molecule has 118 valence electrons. The summed E-state index contributed by atoms with van der Waals surface area (Å²) in [4.78, 5) is 17.1. The fourth-order valence-corrected chi connectivity index (χ4v) is 2.76. The minimum atomic E-state index is -0.675. The monoisotopic (exact) mass is 325 g/mol. The van der Waals surface area contributed by atoms with Crippen molar-refractivity contribution in [3.8, 4) is 0 Å². The summed E-state index contributed by atoms with van der Waals surface area (Å²) in [5.41, 5.74) is 0.243. The highest BCUT2D eigenvalue weighted by Crippen LogP contribution is 2.17. The first-order valence-electron chi connectivity index (χ1n) is 6.86. The quantitative estimate of drug-likeness (QED) is 0.886. The first kappa shape index (κ1) is 16.4. The van der Waals surface area contributed by atoms with Crippen LogP contribution in [0.1, 0.15) is 28.4 Å². The summed E-state index contributed by atoms with van der Waals surface area (Å²) in [5.74, 6) is -1.32. The topological polar surface area (TPSA) is 54.0 Å². The average molecular weight is 325 g/mol. The van der Waals surface area contributed by atoms with Crippen LogP contribution < -0.4 is 10.6 Å². The molecule has 1 heterocycles. The van der Waals surface area contributed by atoms with Crippen LogP contribution in [0, 0.1) is 18.6 Å². The van der Waals surface area contributed by atoms with Crippen molar-refractivity contribution in [3.63, 3.8) is 0 Å². The van der Waals surface area contributed by atoms with Gasteiger partial charge in [0.1, 0.15) is 11.6 Å². The molecule has 0 fully saturated rings. The molecule has 2 rings (SSSR count). The van der Waals surface area contributed by atoms with Gasteiger partial charge in [0.15, 0.2) is 0 Å². The molecule has 0 aliphatic rings. The van der Waals surface area contributed by atoms with Gasteiger partial charge in [-0.25, -0.2) is 18.6 Å². The Morgan fingerprint density at radius 3 is 2.82 bits per heavy atom. The Bertz CT molecular complexity index is 660. The smallest absolute Gasteiger partial charge is 0.315 e. The van der Waals surface area contributed by atoms with Gasteiger partial charge in [-0.1, -0.05) is 6.07 Å². The highest BCUT2D eigenvalue weighted by molar-refractivity contribution is 7.11. The fraction of sp³-hybridized carbons (Fsp3) is 0.333. The lowest BCUT2D eigenvalue weighted by molar-refractivity contribution is 0.238. The summed E-state index contributed by atoms with van der Waals surface area (Å²) in [7, 11) is 0. The van der Waals surface area contributed by atoms with E-state index < -0.39 is 23.7 Å². The highest BCUT2D eigenvalue weighted by atomic mass is 32.1. The summed E-state index contributed by atoms with van der Waals surface area (Å²) in [6.07, 6.45) is 2.44. The number of urea groups is 1. The number of hydrogen-bond acceptors (Lipinski definition) is 3. The van der Waals surface area contributed by atoms with Gasteiger partial charge in [0.25, 0.3) is 0 Å². The first-order chi connectivity index (χ1) is 10.5. The lowest BCUT2D eigenvalue weighted by atomic mass is 10.1. The van der Waals surface area contributed by atoms with E-state index in [0.717, 1.165) is 16.0 Å². The molecule has 0 aliphatic heterocycles. The molecule has 0 radical (unpaired) electrons. The minimum Gasteiger partial charge on any atom is -0.338 e. The lowest BCUT2D eigenvalue weighted by Gasteiger charge is -2.15. The van der Waals surface area contributed by atoms with Gasteiger partial charge in [-0.05, 0) is 19.9 Å². The molecule has 2 amide bonds. The van der Waals surface area contributed by atoms with Gasteiger partial charge in [0.05, 0.1) is 11.0 Å². The maximum absolute atomic E-state index is 13.6. The summed E-state index contributed by atoms with van der Waals surface area (Å²) < 4.78 is 26.5. The summed E-state index contributed by atoms with van der Waals surface area (Å²) in [6.45, 7) is 4.05. The summed E-state index contributed by atoms with van der Waals surface area (Å²) >= 11 is 1.59. The summed E-state index contributed by atoms with van der Waals surface area (Å²) in [5, 5.41) is 6.26. The Hall–Kier alpha value is -2.02. The zero-order chi connectivity index (χ0) is 16.1. The Morgan fingerprint density at radius 1 is 1.41 bits per heavy atom. The zero-order valence-electron chi connectivity index (χ0n) is 12.3. The average Bonchev–Trinajstić information content (AvgIpc) is 2.84. The van der Waals surface area contributed by atoms with Crippen LogP contribution in [0.25, 0.3) is 0 Å². The van der Waals surface area contributed by atoms with Gasteiger partial charge in [-0.15, -0.1) is 11.3 Å². The van der Waals surface area contributed by atoms with Crippen molar-refractivity contribution in [3.05, 3.63) is 51.5 Å². The summed E-state index contributed by atoms with van der Waals surface area (Å²) in [6, 6.07) is 2.34. The van der Waals surface area contributed by atoms with Gasteiger partial charge in [-0.3, -0.25) is 0 Å². The van der Waals surface area contributed by atoms with Gasteiger partial charge >= 0.3 is 6.03 Å². The molecule has 0 bridgehead atoms. The van der Waals surface area contributed by atoms with Crippen LogP contribution in [0.3, 0.4) is 0 Å². The Morgan fingerprint density at radius 2 is 2.18 bits per heavy atom. The largest absolute Gasteiger partial charge is 0.338 e. The number of halogens is 2. The highest BCUT2D eigenvalue weighted by Gasteiger charge is 2.14. The standard InChI is InChI=1S/C15H17F2N3OS/c1-9-8-19-14(22-9)5-6-18-15(21)20-10(2)12-4-3-11(16)7-13(12)17/h3-4,7-8,10H,5-6H2,1-2H3,(H2,18,20,21). The van der Waals surface area contributed by atoms with Crippen LogP contribution >= 0.6 is 11.3 Å². The first-order valence-corrected chi connectivity index (χ1v) is 7.68. The number of nitrogens with one attached hydrogen (secondary N) is 2. The van der Waals surface area contributed by atoms with E-state index in [1.807, 2.05) is 6.92 Å². The van der Waals surface area contributed by atoms with Crippen molar-refractivity contribution in [2.75, 3.05) is 6.54 Å². The second-order valence-corrected chi connectivity index (χ2v) is 6.22. The van der Waals surface area contributed by atoms with E-state index in [1.165, 1.54) is 12.1 Å². The normalized spacial score (nSPS) is 12.0. The van der Waals surface area contributed by atoms with Crippen molar-refractivity contribution in [1.29, 1.82) is 0 Å². The number of hydrogen-bond donors (Lipinski definition) is 2. The molecule has 0 aliphatic carbocycles. The molecule has 7 heteroatoms. The number of rotatable bonds is 5. The van der Waals surface area contributed by atoms with Crippen molar-refractivity contribution in [1.82, 2.24) is 15.6 Å². The van der Waals surface area contributed by atoms with E-state index in [1.54, 1.807) is 24.5 Å². The molecule has 2 aromatic rings. The SMILES string of the molecule is Cc1cnc(CCNC(=O)NC(C)c2ccc(F)cc2F)s1. The third kappa shape index (κ3) is 4.49. The van der Waals surface area contributed by atoms with Crippen LogP contribution in [0.4, 0.5) is 13.6 Å².